The number of hydrogen-bond acceptors (Lipinski definition) is 6. The van der Waals surface area contributed by atoms with Crippen LogP contribution >= 0.6 is 0 Å². The molecule has 20 heavy (non-hydrogen) atoms. The van der Waals surface area contributed by atoms with Crippen LogP contribution in [0, 0.1) is 0 Å². The zero-order valence-electron chi connectivity index (χ0n) is 11.3. The Hall–Kier alpha value is -2.76. The van der Waals surface area contributed by atoms with Gasteiger partial charge in [0, 0.05) is 37.4 Å². The number of aromatic nitrogens is 4. The summed E-state index contributed by atoms with van der Waals surface area (Å²) in [5.41, 5.74) is 6.67. The number of nitrogens with zero attached hydrogens (tertiary/aromatic N) is 5. The number of nitrogens with two attached hydrogens (primary N) is 1. The first-order valence-electron chi connectivity index (χ1n) is 6.17. The summed E-state index contributed by atoms with van der Waals surface area (Å²) in [6.45, 7) is 0. The lowest BCUT2D eigenvalue weighted by atomic mass is 10.1. The molecule has 0 aliphatic carbocycles. The van der Waals surface area contributed by atoms with Crippen LogP contribution in [0.2, 0.25) is 0 Å². The number of nitrogen functional groups attached to an aromatic ring is 1. The molecule has 0 aliphatic heterocycles. The highest BCUT2D eigenvalue weighted by molar-refractivity contribution is 5.94. The molecule has 0 radical (unpaired) electrons. The van der Waals surface area contributed by atoms with Gasteiger partial charge >= 0.3 is 0 Å². The highest BCUT2D eigenvalue weighted by Gasteiger charge is 2.11. The predicted molar refractivity (Wildman–Crippen MR) is 79.3 cm³/mol. The Bertz CT molecular complexity index is 763. The monoisotopic (exact) mass is 266 g/mol. The van der Waals surface area contributed by atoms with Crippen molar-refractivity contribution in [3.63, 3.8) is 0 Å². The van der Waals surface area contributed by atoms with Gasteiger partial charge in [-0.1, -0.05) is 18.2 Å². The standard InChI is InChI=1S/C14H14N6/c1-20(2)14-18-12(17-13(15)19-14)10-5-3-4-9-6-7-16-8-11(9)10/h3-8H,1-2H3,(H2,15,17,18,19). The van der Waals surface area contributed by atoms with Crippen molar-refractivity contribution in [1.29, 1.82) is 0 Å². The molecule has 3 aromatic rings. The Morgan fingerprint density at radius 3 is 2.70 bits per heavy atom. The fraction of sp³-hybridized carbons (Fsp3) is 0.143. The van der Waals surface area contributed by atoms with Gasteiger partial charge in [0.1, 0.15) is 0 Å². The molecule has 2 aromatic heterocycles. The van der Waals surface area contributed by atoms with E-state index >= 15 is 0 Å². The Kier molecular flexibility index (Phi) is 2.90. The first kappa shape index (κ1) is 12.3. The van der Waals surface area contributed by atoms with Gasteiger partial charge in [-0.25, -0.2) is 0 Å². The third kappa shape index (κ3) is 2.11. The predicted octanol–water partition coefficient (Wildman–Crippen LogP) is 1.73. The summed E-state index contributed by atoms with van der Waals surface area (Å²) in [6, 6.07) is 7.90. The number of rotatable bonds is 2. The third-order valence-electron chi connectivity index (χ3n) is 2.97. The maximum Gasteiger partial charge on any atom is 0.230 e. The van der Waals surface area contributed by atoms with Crippen molar-refractivity contribution >= 4 is 22.7 Å². The number of fused-ring (bicyclic) bond motifs is 1. The molecule has 0 amide bonds. The van der Waals surface area contributed by atoms with Crippen LogP contribution in [-0.4, -0.2) is 34.0 Å². The van der Waals surface area contributed by atoms with Crippen LogP contribution in [0.4, 0.5) is 11.9 Å². The van der Waals surface area contributed by atoms with E-state index in [0.29, 0.717) is 11.8 Å². The molecule has 3 rings (SSSR count). The van der Waals surface area contributed by atoms with Crippen LogP contribution < -0.4 is 10.6 Å². The molecule has 0 bridgehead atoms. The SMILES string of the molecule is CN(C)c1nc(N)nc(-c2cccc3ccncc23)n1. The average molecular weight is 266 g/mol. The summed E-state index contributed by atoms with van der Waals surface area (Å²) in [5, 5.41) is 2.08. The van der Waals surface area contributed by atoms with E-state index in [-0.39, 0.29) is 5.95 Å². The van der Waals surface area contributed by atoms with Gasteiger partial charge in [-0.3, -0.25) is 4.98 Å². The van der Waals surface area contributed by atoms with Gasteiger partial charge in [0.05, 0.1) is 0 Å². The molecule has 0 fully saturated rings. The van der Waals surface area contributed by atoms with E-state index in [2.05, 4.69) is 19.9 Å². The van der Waals surface area contributed by atoms with Gasteiger partial charge < -0.3 is 10.6 Å². The zero-order chi connectivity index (χ0) is 14.1. The molecule has 100 valence electrons. The number of benzene rings is 1. The van der Waals surface area contributed by atoms with E-state index < -0.39 is 0 Å². The maximum atomic E-state index is 5.77. The van der Waals surface area contributed by atoms with Gasteiger partial charge in [0.15, 0.2) is 5.82 Å². The number of pyridine rings is 1. The minimum absolute atomic E-state index is 0.208. The van der Waals surface area contributed by atoms with E-state index in [9.17, 15) is 0 Å². The summed E-state index contributed by atoms with van der Waals surface area (Å²) in [7, 11) is 3.73. The van der Waals surface area contributed by atoms with Crippen molar-refractivity contribution in [3.05, 3.63) is 36.7 Å². The topological polar surface area (TPSA) is 80.8 Å². The molecule has 0 atom stereocenters. The molecule has 0 saturated heterocycles. The van der Waals surface area contributed by atoms with E-state index in [4.69, 9.17) is 5.73 Å². The van der Waals surface area contributed by atoms with Gasteiger partial charge in [0.25, 0.3) is 0 Å². The van der Waals surface area contributed by atoms with Gasteiger partial charge in [0.2, 0.25) is 11.9 Å². The van der Waals surface area contributed by atoms with Gasteiger partial charge in [-0.15, -0.1) is 0 Å². The fourth-order valence-electron chi connectivity index (χ4n) is 2.01. The number of anilines is 2. The molecule has 0 spiro atoms. The summed E-state index contributed by atoms with van der Waals surface area (Å²) >= 11 is 0. The first-order chi connectivity index (χ1) is 9.65. The second-order valence-corrected chi connectivity index (χ2v) is 4.61. The van der Waals surface area contributed by atoms with E-state index in [1.807, 2.05) is 38.4 Å². The molecule has 2 heterocycles. The Morgan fingerprint density at radius 2 is 1.90 bits per heavy atom. The summed E-state index contributed by atoms with van der Waals surface area (Å²) in [5.74, 6) is 1.30. The highest BCUT2D eigenvalue weighted by atomic mass is 15.3. The van der Waals surface area contributed by atoms with E-state index in [1.54, 1.807) is 17.3 Å². The second-order valence-electron chi connectivity index (χ2n) is 4.61. The van der Waals surface area contributed by atoms with Crippen LogP contribution in [0.3, 0.4) is 0 Å². The Balaban J connectivity index is 2.25. The van der Waals surface area contributed by atoms with Crippen LogP contribution in [0.15, 0.2) is 36.7 Å². The smallest absolute Gasteiger partial charge is 0.230 e. The normalized spacial score (nSPS) is 10.7. The van der Waals surface area contributed by atoms with Crippen molar-refractivity contribution in [2.24, 2.45) is 0 Å². The fourth-order valence-corrected chi connectivity index (χ4v) is 2.01. The van der Waals surface area contributed by atoms with Crippen molar-refractivity contribution in [2.45, 2.75) is 0 Å². The molecular formula is C14H14N6. The minimum atomic E-state index is 0.208. The summed E-state index contributed by atoms with van der Waals surface area (Å²) in [4.78, 5) is 18.8. The Labute approximate surface area is 116 Å². The second kappa shape index (κ2) is 4.73. The summed E-state index contributed by atoms with van der Waals surface area (Å²) in [6.07, 6.45) is 3.57. The van der Waals surface area contributed by atoms with Gasteiger partial charge in [-0.2, -0.15) is 15.0 Å². The van der Waals surface area contributed by atoms with Crippen molar-refractivity contribution in [2.75, 3.05) is 24.7 Å². The van der Waals surface area contributed by atoms with Crippen LogP contribution in [-0.2, 0) is 0 Å². The van der Waals surface area contributed by atoms with Crippen molar-refractivity contribution in [1.82, 2.24) is 19.9 Å². The van der Waals surface area contributed by atoms with Crippen LogP contribution in [0.1, 0.15) is 0 Å². The van der Waals surface area contributed by atoms with E-state index in [1.165, 1.54) is 0 Å². The lowest BCUT2D eigenvalue weighted by Crippen LogP contribution is -2.15. The van der Waals surface area contributed by atoms with Crippen molar-refractivity contribution < 1.29 is 0 Å². The molecule has 2 N–H and O–H groups in total. The Morgan fingerprint density at radius 1 is 1.05 bits per heavy atom. The lowest BCUT2D eigenvalue weighted by molar-refractivity contribution is 0.971. The molecule has 0 unspecified atom stereocenters. The first-order valence-corrected chi connectivity index (χ1v) is 6.17. The average Bonchev–Trinajstić information content (AvgIpc) is 2.46. The van der Waals surface area contributed by atoms with Crippen molar-refractivity contribution in [3.8, 4) is 11.4 Å². The molecular weight excluding hydrogens is 252 g/mol. The largest absolute Gasteiger partial charge is 0.368 e. The van der Waals surface area contributed by atoms with E-state index in [0.717, 1.165) is 16.3 Å². The van der Waals surface area contributed by atoms with Crippen LogP contribution in [0.25, 0.3) is 22.2 Å². The maximum absolute atomic E-state index is 5.77. The minimum Gasteiger partial charge on any atom is -0.368 e. The molecule has 1 aromatic carbocycles. The summed E-state index contributed by atoms with van der Waals surface area (Å²) < 4.78 is 0. The lowest BCUT2D eigenvalue weighted by Gasteiger charge is -2.12. The number of hydrogen-bond donors (Lipinski definition) is 1. The molecule has 6 heteroatoms. The molecule has 0 saturated carbocycles. The molecule has 0 aliphatic rings. The van der Waals surface area contributed by atoms with Crippen LogP contribution in [0.5, 0.6) is 0 Å². The third-order valence-corrected chi connectivity index (χ3v) is 2.97. The quantitative estimate of drug-likeness (QED) is 0.761. The van der Waals surface area contributed by atoms with Gasteiger partial charge in [-0.05, 0) is 11.5 Å². The highest BCUT2D eigenvalue weighted by Crippen LogP contribution is 2.26. The molecule has 6 nitrogen and oxygen atoms in total. The zero-order valence-corrected chi connectivity index (χ0v) is 11.3.